The molecule has 0 saturated carbocycles. The number of amides is 1. The quantitative estimate of drug-likeness (QED) is 0.875. The Labute approximate surface area is 126 Å². The van der Waals surface area contributed by atoms with Crippen LogP contribution in [0.4, 0.5) is 4.79 Å². The molecule has 8 heteroatoms. The van der Waals surface area contributed by atoms with Crippen molar-refractivity contribution in [3.8, 4) is 0 Å². The van der Waals surface area contributed by atoms with Crippen LogP contribution < -0.4 is 10.5 Å². The molecule has 3 N–H and O–H groups in total. The molecule has 112 valence electrons. The highest BCUT2D eigenvalue weighted by atomic mass is 32.2. The van der Waals surface area contributed by atoms with Gasteiger partial charge in [0, 0.05) is 4.88 Å². The van der Waals surface area contributed by atoms with Crippen molar-refractivity contribution in [3.05, 3.63) is 52.9 Å². The Kier molecular flexibility index (Phi) is 4.94. The third-order valence-electron chi connectivity index (χ3n) is 2.54. The Morgan fingerprint density at radius 1 is 1.19 bits per heavy atom. The van der Waals surface area contributed by atoms with Gasteiger partial charge in [-0.3, -0.25) is 0 Å². The minimum Gasteiger partial charge on any atom is -0.445 e. The molecule has 0 bridgehead atoms. The normalized spacial score (nSPS) is 11.1. The lowest BCUT2D eigenvalue weighted by Gasteiger charge is -2.06. The number of sulfonamides is 1. The summed E-state index contributed by atoms with van der Waals surface area (Å²) in [6.45, 7) is 0.368. The van der Waals surface area contributed by atoms with Gasteiger partial charge in [-0.1, -0.05) is 30.3 Å². The molecule has 2 rings (SSSR count). The van der Waals surface area contributed by atoms with Crippen molar-refractivity contribution in [1.29, 1.82) is 0 Å². The van der Waals surface area contributed by atoms with Crippen LogP contribution in [0.3, 0.4) is 0 Å². The molecule has 1 amide bonds. The van der Waals surface area contributed by atoms with E-state index in [4.69, 9.17) is 9.88 Å². The van der Waals surface area contributed by atoms with Gasteiger partial charge in [-0.2, -0.15) is 0 Å². The number of hydrogen-bond acceptors (Lipinski definition) is 5. The van der Waals surface area contributed by atoms with Crippen LogP contribution in [-0.4, -0.2) is 14.5 Å². The van der Waals surface area contributed by atoms with Crippen LogP contribution in [0.5, 0.6) is 0 Å². The number of ether oxygens (including phenoxy) is 1. The topological polar surface area (TPSA) is 98.5 Å². The monoisotopic (exact) mass is 326 g/mol. The highest BCUT2D eigenvalue weighted by molar-refractivity contribution is 7.91. The summed E-state index contributed by atoms with van der Waals surface area (Å²) in [5.41, 5.74) is 0.889. The zero-order valence-corrected chi connectivity index (χ0v) is 12.6. The predicted molar refractivity (Wildman–Crippen MR) is 79.2 cm³/mol. The van der Waals surface area contributed by atoms with Crippen molar-refractivity contribution in [2.45, 2.75) is 17.4 Å². The standard InChI is InChI=1S/C13H14N2O4S2/c14-21(17,18)12-7-6-11(20-12)8-15-13(16)19-9-10-4-2-1-3-5-10/h1-7H,8-9H2,(H,15,16)(H2,14,17,18). The van der Waals surface area contributed by atoms with Crippen molar-refractivity contribution in [2.75, 3.05) is 0 Å². The number of benzene rings is 1. The number of nitrogens with two attached hydrogens (primary N) is 1. The Hall–Kier alpha value is -1.90. The summed E-state index contributed by atoms with van der Waals surface area (Å²) < 4.78 is 27.3. The average molecular weight is 326 g/mol. The Morgan fingerprint density at radius 2 is 1.90 bits per heavy atom. The first-order chi connectivity index (χ1) is 9.95. The number of carbonyl (C=O) groups is 1. The molecule has 0 aliphatic carbocycles. The van der Waals surface area contributed by atoms with Crippen LogP contribution in [0, 0.1) is 0 Å². The molecule has 0 unspecified atom stereocenters. The fourth-order valence-electron chi connectivity index (χ4n) is 1.54. The van der Waals surface area contributed by atoms with Gasteiger partial charge in [-0.05, 0) is 17.7 Å². The minimum absolute atomic E-state index is 0.0666. The predicted octanol–water partition coefficient (Wildman–Crippen LogP) is 1.82. The molecule has 1 aromatic heterocycles. The molecule has 0 atom stereocenters. The number of primary sulfonamides is 1. The van der Waals surface area contributed by atoms with Gasteiger partial charge in [0.1, 0.15) is 10.8 Å². The maximum atomic E-state index is 11.5. The lowest BCUT2D eigenvalue weighted by molar-refractivity contribution is 0.139. The molecule has 0 aliphatic heterocycles. The lowest BCUT2D eigenvalue weighted by atomic mass is 10.2. The third kappa shape index (κ3) is 4.85. The molecule has 1 heterocycles. The molecule has 6 nitrogen and oxygen atoms in total. The number of alkyl carbamates (subject to hydrolysis) is 1. The highest BCUT2D eigenvalue weighted by Crippen LogP contribution is 2.19. The summed E-state index contributed by atoms with van der Waals surface area (Å²) >= 11 is 1.01. The molecule has 0 saturated heterocycles. The maximum absolute atomic E-state index is 11.5. The highest BCUT2D eigenvalue weighted by Gasteiger charge is 2.11. The molecule has 0 aliphatic rings. The maximum Gasteiger partial charge on any atom is 0.407 e. The first-order valence-corrected chi connectivity index (χ1v) is 8.37. The Morgan fingerprint density at radius 3 is 2.52 bits per heavy atom. The van der Waals surface area contributed by atoms with E-state index in [0.29, 0.717) is 4.88 Å². The van der Waals surface area contributed by atoms with Crippen molar-refractivity contribution < 1.29 is 17.9 Å². The van der Waals surface area contributed by atoms with E-state index in [9.17, 15) is 13.2 Å². The molecular formula is C13H14N2O4S2. The molecule has 0 spiro atoms. The number of nitrogens with one attached hydrogen (secondary N) is 1. The SMILES string of the molecule is NS(=O)(=O)c1ccc(CNC(=O)OCc2ccccc2)s1. The fraction of sp³-hybridized carbons (Fsp3) is 0.154. The second-order valence-electron chi connectivity index (χ2n) is 4.18. The molecule has 21 heavy (non-hydrogen) atoms. The third-order valence-corrected chi connectivity index (χ3v) is 5.06. The van der Waals surface area contributed by atoms with Crippen molar-refractivity contribution in [3.63, 3.8) is 0 Å². The fourth-order valence-corrected chi connectivity index (χ4v) is 3.26. The zero-order chi connectivity index (χ0) is 15.3. The van der Waals surface area contributed by atoms with E-state index < -0.39 is 16.1 Å². The van der Waals surface area contributed by atoms with Crippen molar-refractivity contribution in [2.24, 2.45) is 5.14 Å². The smallest absolute Gasteiger partial charge is 0.407 e. The van der Waals surface area contributed by atoms with E-state index in [1.165, 1.54) is 6.07 Å². The van der Waals surface area contributed by atoms with Crippen LogP contribution in [-0.2, 0) is 27.9 Å². The number of hydrogen-bond donors (Lipinski definition) is 2. The summed E-state index contributed by atoms with van der Waals surface area (Å²) in [6, 6.07) is 12.3. The van der Waals surface area contributed by atoms with E-state index in [2.05, 4.69) is 5.32 Å². The van der Waals surface area contributed by atoms with Crippen LogP contribution in [0.25, 0.3) is 0 Å². The van der Waals surface area contributed by atoms with Crippen LogP contribution >= 0.6 is 11.3 Å². The number of thiophene rings is 1. The van der Waals surface area contributed by atoms with E-state index in [1.54, 1.807) is 6.07 Å². The Balaban J connectivity index is 1.80. The number of rotatable bonds is 5. The van der Waals surface area contributed by atoms with Crippen LogP contribution in [0.2, 0.25) is 0 Å². The van der Waals surface area contributed by atoms with Gasteiger partial charge in [0.25, 0.3) is 0 Å². The van der Waals surface area contributed by atoms with Crippen LogP contribution in [0.15, 0.2) is 46.7 Å². The summed E-state index contributed by atoms with van der Waals surface area (Å²) in [7, 11) is -3.69. The van der Waals surface area contributed by atoms with Crippen LogP contribution in [0.1, 0.15) is 10.4 Å². The minimum atomic E-state index is -3.69. The van der Waals surface area contributed by atoms with E-state index in [1.807, 2.05) is 30.3 Å². The van der Waals surface area contributed by atoms with Gasteiger partial charge < -0.3 is 10.1 Å². The largest absolute Gasteiger partial charge is 0.445 e. The lowest BCUT2D eigenvalue weighted by Crippen LogP contribution is -2.23. The van der Waals surface area contributed by atoms with Gasteiger partial charge in [-0.25, -0.2) is 18.4 Å². The number of carbonyl (C=O) groups excluding carboxylic acids is 1. The van der Waals surface area contributed by atoms with Gasteiger partial charge >= 0.3 is 6.09 Å². The summed E-state index contributed by atoms with van der Waals surface area (Å²) in [4.78, 5) is 12.2. The molecule has 2 aromatic rings. The van der Waals surface area contributed by atoms with Gasteiger partial charge in [0.15, 0.2) is 0 Å². The first kappa shape index (κ1) is 15.5. The zero-order valence-electron chi connectivity index (χ0n) is 11.0. The van der Waals surface area contributed by atoms with Gasteiger partial charge in [0.05, 0.1) is 6.54 Å². The van der Waals surface area contributed by atoms with E-state index in [-0.39, 0.29) is 17.4 Å². The average Bonchev–Trinajstić information content (AvgIpc) is 2.93. The summed E-state index contributed by atoms with van der Waals surface area (Å²) in [5.74, 6) is 0. The van der Waals surface area contributed by atoms with E-state index >= 15 is 0 Å². The van der Waals surface area contributed by atoms with Crippen molar-refractivity contribution >= 4 is 27.5 Å². The molecular weight excluding hydrogens is 312 g/mol. The van der Waals surface area contributed by atoms with Crippen molar-refractivity contribution in [1.82, 2.24) is 5.32 Å². The second kappa shape index (κ2) is 6.70. The van der Waals surface area contributed by atoms with Gasteiger partial charge in [0.2, 0.25) is 10.0 Å². The molecule has 1 aromatic carbocycles. The molecule has 0 radical (unpaired) electrons. The van der Waals surface area contributed by atoms with Gasteiger partial charge in [-0.15, -0.1) is 11.3 Å². The van der Waals surface area contributed by atoms with E-state index in [0.717, 1.165) is 16.9 Å². The molecule has 0 fully saturated rings. The summed E-state index contributed by atoms with van der Waals surface area (Å²) in [5, 5.41) is 7.56. The first-order valence-electron chi connectivity index (χ1n) is 6.01. The summed E-state index contributed by atoms with van der Waals surface area (Å²) in [6.07, 6.45) is -0.565. The Bertz CT molecular complexity index is 711. The second-order valence-corrected chi connectivity index (χ2v) is 7.14.